The molecule has 94 valence electrons. The summed E-state index contributed by atoms with van der Waals surface area (Å²) in [5.74, 6) is 0.0508. The van der Waals surface area contributed by atoms with Crippen molar-refractivity contribution in [3.63, 3.8) is 0 Å². The number of benzene rings is 1. The van der Waals surface area contributed by atoms with Crippen LogP contribution < -0.4 is 0 Å². The van der Waals surface area contributed by atoms with Crippen LogP contribution in [-0.2, 0) is 20.9 Å². The lowest BCUT2D eigenvalue weighted by molar-refractivity contribution is -0.157. The molecule has 3 nitrogen and oxygen atoms in total. The fraction of sp³-hybridized carbons (Fsp3) is 0.500. The Morgan fingerprint density at radius 2 is 1.82 bits per heavy atom. The van der Waals surface area contributed by atoms with Crippen LogP contribution in [0.5, 0.6) is 0 Å². The maximum absolute atomic E-state index is 11.5. The van der Waals surface area contributed by atoms with Crippen molar-refractivity contribution in [2.24, 2.45) is 5.92 Å². The highest BCUT2D eigenvalue weighted by molar-refractivity contribution is 5.74. The van der Waals surface area contributed by atoms with Crippen LogP contribution in [0.2, 0.25) is 0 Å². The van der Waals surface area contributed by atoms with Crippen LogP contribution in [0.25, 0.3) is 0 Å². The van der Waals surface area contributed by atoms with Crippen molar-refractivity contribution < 1.29 is 14.3 Å². The lowest BCUT2D eigenvalue weighted by Crippen LogP contribution is -2.24. The summed E-state index contributed by atoms with van der Waals surface area (Å²) in [6, 6.07) is 9.77. The molecule has 0 aliphatic heterocycles. The second kappa shape index (κ2) is 7.07. The summed E-state index contributed by atoms with van der Waals surface area (Å²) in [5.41, 5.74) is 1.05. The molecule has 0 saturated carbocycles. The van der Waals surface area contributed by atoms with E-state index in [-0.39, 0.29) is 5.97 Å². The number of rotatable bonds is 6. The summed E-state index contributed by atoms with van der Waals surface area (Å²) in [6.45, 7) is 6.59. The highest BCUT2D eigenvalue weighted by Gasteiger charge is 2.15. The van der Waals surface area contributed by atoms with Gasteiger partial charge in [0, 0.05) is 0 Å². The second-order valence-corrected chi connectivity index (χ2v) is 4.46. The third kappa shape index (κ3) is 5.50. The fourth-order valence-electron chi connectivity index (χ4n) is 1.23. The SMILES string of the molecule is CC(C)COC(=O)[C@@H](C)OCc1ccccc1. The van der Waals surface area contributed by atoms with Gasteiger partial charge in [0.25, 0.3) is 0 Å². The van der Waals surface area contributed by atoms with E-state index in [0.29, 0.717) is 19.1 Å². The molecule has 1 aromatic rings. The Hall–Kier alpha value is -1.35. The summed E-state index contributed by atoms with van der Waals surface area (Å²) in [6.07, 6.45) is -0.519. The van der Waals surface area contributed by atoms with Gasteiger partial charge in [0.05, 0.1) is 13.2 Å². The van der Waals surface area contributed by atoms with E-state index in [4.69, 9.17) is 9.47 Å². The first-order chi connectivity index (χ1) is 8.09. The van der Waals surface area contributed by atoms with Gasteiger partial charge in [-0.2, -0.15) is 0 Å². The molecule has 0 spiro atoms. The highest BCUT2D eigenvalue weighted by atomic mass is 16.6. The zero-order chi connectivity index (χ0) is 12.7. The third-order valence-electron chi connectivity index (χ3n) is 2.23. The molecule has 1 atom stereocenters. The monoisotopic (exact) mass is 236 g/mol. The summed E-state index contributed by atoms with van der Waals surface area (Å²) >= 11 is 0. The standard InChI is InChI=1S/C14H20O3/c1-11(2)9-17-14(15)12(3)16-10-13-7-5-4-6-8-13/h4-8,11-12H,9-10H2,1-3H3/t12-/m1/s1. The van der Waals surface area contributed by atoms with Gasteiger partial charge in [0.2, 0.25) is 0 Å². The number of carbonyl (C=O) groups excluding carboxylic acids is 1. The van der Waals surface area contributed by atoms with Crippen LogP contribution in [0.15, 0.2) is 30.3 Å². The first-order valence-electron chi connectivity index (χ1n) is 5.91. The Morgan fingerprint density at radius 1 is 1.18 bits per heavy atom. The van der Waals surface area contributed by atoms with Gasteiger partial charge in [0.1, 0.15) is 0 Å². The molecule has 0 aromatic heterocycles. The van der Waals surface area contributed by atoms with Crippen LogP contribution in [0.1, 0.15) is 26.3 Å². The van der Waals surface area contributed by atoms with E-state index < -0.39 is 6.10 Å². The molecule has 0 aliphatic rings. The molecule has 1 rings (SSSR count). The van der Waals surface area contributed by atoms with E-state index in [9.17, 15) is 4.79 Å². The summed E-state index contributed by atoms with van der Waals surface area (Å²) in [4.78, 5) is 11.5. The predicted molar refractivity (Wildman–Crippen MR) is 66.5 cm³/mol. The van der Waals surface area contributed by atoms with Crippen LogP contribution in [0, 0.1) is 5.92 Å². The van der Waals surface area contributed by atoms with E-state index in [2.05, 4.69) is 0 Å². The largest absolute Gasteiger partial charge is 0.464 e. The van der Waals surface area contributed by atoms with Gasteiger partial charge in [-0.3, -0.25) is 0 Å². The quantitative estimate of drug-likeness (QED) is 0.712. The van der Waals surface area contributed by atoms with E-state index in [1.807, 2.05) is 44.2 Å². The lowest BCUT2D eigenvalue weighted by atomic mass is 10.2. The zero-order valence-corrected chi connectivity index (χ0v) is 10.7. The number of esters is 1. The van der Waals surface area contributed by atoms with Crippen LogP contribution in [0.4, 0.5) is 0 Å². The molecular weight excluding hydrogens is 216 g/mol. The Kier molecular flexibility index (Phi) is 5.70. The number of hydrogen-bond donors (Lipinski definition) is 0. The molecule has 3 heteroatoms. The summed E-state index contributed by atoms with van der Waals surface area (Å²) in [7, 11) is 0. The van der Waals surface area contributed by atoms with Gasteiger partial charge in [-0.15, -0.1) is 0 Å². The van der Waals surface area contributed by atoms with Crippen molar-refractivity contribution in [2.75, 3.05) is 6.61 Å². The second-order valence-electron chi connectivity index (χ2n) is 4.46. The minimum absolute atomic E-state index is 0.297. The molecule has 0 radical (unpaired) electrons. The molecular formula is C14H20O3. The summed E-state index contributed by atoms with van der Waals surface area (Å²) < 4.78 is 10.5. The van der Waals surface area contributed by atoms with Gasteiger partial charge in [-0.1, -0.05) is 44.2 Å². The first kappa shape index (κ1) is 13.7. The van der Waals surface area contributed by atoms with Gasteiger partial charge in [0.15, 0.2) is 6.10 Å². The fourth-order valence-corrected chi connectivity index (χ4v) is 1.23. The zero-order valence-electron chi connectivity index (χ0n) is 10.7. The van der Waals surface area contributed by atoms with Gasteiger partial charge < -0.3 is 9.47 Å². The Morgan fingerprint density at radius 3 is 2.41 bits per heavy atom. The van der Waals surface area contributed by atoms with Crippen molar-refractivity contribution in [1.29, 1.82) is 0 Å². The van der Waals surface area contributed by atoms with Crippen molar-refractivity contribution in [3.8, 4) is 0 Å². The van der Waals surface area contributed by atoms with E-state index in [1.165, 1.54) is 0 Å². The number of hydrogen-bond acceptors (Lipinski definition) is 3. The van der Waals surface area contributed by atoms with Gasteiger partial charge >= 0.3 is 5.97 Å². The Bertz CT molecular complexity index is 333. The summed E-state index contributed by atoms with van der Waals surface area (Å²) in [5, 5.41) is 0. The van der Waals surface area contributed by atoms with Crippen molar-refractivity contribution in [2.45, 2.75) is 33.5 Å². The average Bonchev–Trinajstić information content (AvgIpc) is 2.34. The number of carbonyl (C=O) groups is 1. The third-order valence-corrected chi connectivity index (χ3v) is 2.23. The molecule has 0 amide bonds. The Labute approximate surface area is 103 Å². The van der Waals surface area contributed by atoms with Gasteiger partial charge in [-0.25, -0.2) is 4.79 Å². The first-order valence-corrected chi connectivity index (χ1v) is 5.91. The molecule has 0 saturated heterocycles. The van der Waals surface area contributed by atoms with E-state index in [1.54, 1.807) is 6.92 Å². The molecule has 0 fully saturated rings. The molecule has 0 N–H and O–H groups in total. The van der Waals surface area contributed by atoms with Crippen LogP contribution in [-0.4, -0.2) is 18.7 Å². The van der Waals surface area contributed by atoms with Crippen molar-refractivity contribution in [1.82, 2.24) is 0 Å². The van der Waals surface area contributed by atoms with E-state index >= 15 is 0 Å². The van der Waals surface area contributed by atoms with E-state index in [0.717, 1.165) is 5.56 Å². The minimum atomic E-state index is -0.519. The minimum Gasteiger partial charge on any atom is -0.464 e. The maximum Gasteiger partial charge on any atom is 0.334 e. The van der Waals surface area contributed by atoms with Crippen molar-refractivity contribution in [3.05, 3.63) is 35.9 Å². The maximum atomic E-state index is 11.5. The number of ether oxygens (including phenoxy) is 2. The van der Waals surface area contributed by atoms with Crippen LogP contribution >= 0.6 is 0 Å². The normalized spacial score (nSPS) is 12.5. The van der Waals surface area contributed by atoms with Crippen molar-refractivity contribution >= 4 is 5.97 Å². The molecule has 0 heterocycles. The molecule has 0 unspecified atom stereocenters. The molecule has 0 aliphatic carbocycles. The molecule has 17 heavy (non-hydrogen) atoms. The molecule has 1 aromatic carbocycles. The smallest absolute Gasteiger partial charge is 0.334 e. The topological polar surface area (TPSA) is 35.5 Å². The Balaban J connectivity index is 2.29. The predicted octanol–water partition coefficient (Wildman–Crippen LogP) is 2.79. The molecule has 0 bridgehead atoms. The average molecular weight is 236 g/mol. The highest BCUT2D eigenvalue weighted by Crippen LogP contribution is 2.05. The van der Waals surface area contributed by atoms with Gasteiger partial charge in [-0.05, 0) is 18.4 Å². The van der Waals surface area contributed by atoms with Crippen LogP contribution in [0.3, 0.4) is 0 Å². The lowest BCUT2D eigenvalue weighted by Gasteiger charge is -2.13.